The molecule has 0 saturated carbocycles. The Morgan fingerprint density at radius 1 is 1.10 bits per heavy atom. The second-order valence-electron chi connectivity index (χ2n) is 6.03. The molecule has 1 unspecified atom stereocenters. The summed E-state index contributed by atoms with van der Waals surface area (Å²) in [4.78, 5) is 25.9. The van der Waals surface area contributed by atoms with Crippen molar-refractivity contribution in [2.24, 2.45) is 5.41 Å². The standard InChI is InChI=1S/C19H18N2O3.3CO.Fe/c1-24-14-7-10-19(13-20,11-8-14)9-4-12-21-17(22)15-5-2-3-6-16(15)18(21)23;3*1-2;/h2-3,5-8,10H,4,9,11-12H2,1H3;;;;. The summed E-state index contributed by atoms with van der Waals surface area (Å²) < 4.78 is 27.6. The van der Waals surface area contributed by atoms with Gasteiger partial charge in [0, 0.05) is 23.6 Å². The molecule has 9 heteroatoms. The minimum Gasteiger partial charge on any atom is 0 e. The van der Waals surface area contributed by atoms with Crippen molar-refractivity contribution in [1.82, 2.24) is 4.90 Å². The van der Waals surface area contributed by atoms with Crippen molar-refractivity contribution in [3.05, 3.63) is 79.3 Å². The molecule has 0 fully saturated rings. The second-order valence-corrected chi connectivity index (χ2v) is 6.03. The quantitative estimate of drug-likeness (QED) is 0.288. The first kappa shape index (κ1) is 30.1. The molecule has 1 aliphatic heterocycles. The van der Waals surface area contributed by atoms with Gasteiger partial charge in [0.25, 0.3) is 11.8 Å². The molecule has 1 aromatic carbocycles. The number of rotatable bonds is 5. The molecule has 1 heterocycles. The van der Waals surface area contributed by atoms with Crippen molar-refractivity contribution in [3.63, 3.8) is 0 Å². The number of carbonyl (C=O) groups excluding carboxylic acids is 2. The fourth-order valence-electron chi connectivity index (χ4n) is 3.13. The van der Waals surface area contributed by atoms with E-state index in [1.165, 1.54) is 4.90 Å². The van der Waals surface area contributed by atoms with E-state index in [1.807, 2.05) is 12.2 Å². The first-order chi connectivity index (χ1) is 14.6. The van der Waals surface area contributed by atoms with Gasteiger partial charge in [-0.05, 0) is 43.5 Å². The smallest absolute Gasteiger partial charge is 0 e. The van der Waals surface area contributed by atoms with Gasteiger partial charge in [-0.25, -0.2) is 0 Å². The van der Waals surface area contributed by atoms with E-state index in [2.05, 4.69) is 26.0 Å². The van der Waals surface area contributed by atoms with Crippen LogP contribution in [0.3, 0.4) is 0 Å². The fourth-order valence-corrected chi connectivity index (χ4v) is 3.13. The Kier molecular flexibility index (Phi) is 15.2. The van der Waals surface area contributed by atoms with E-state index in [-0.39, 0.29) is 28.9 Å². The van der Waals surface area contributed by atoms with Crippen LogP contribution in [-0.2, 0) is 35.8 Å². The van der Waals surface area contributed by atoms with Gasteiger partial charge in [-0.15, -0.1) is 0 Å². The van der Waals surface area contributed by atoms with Crippen LogP contribution in [-0.4, -0.2) is 30.4 Å². The largest absolute Gasteiger partial charge is 0 e. The third-order valence-electron chi connectivity index (χ3n) is 4.58. The SMILES string of the molecule is COC1=CCC(C#N)(CCCN2C(=O)c3ccccc3C2=O)C=C1.[C-]#[O+].[C-]#[O+].[C-]#[O+].[Fe]. The Labute approximate surface area is 191 Å². The van der Waals surface area contributed by atoms with Crippen molar-refractivity contribution < 1.29 is 45.4 Å². The number of benzene rings is 1. The van der Waals surface area contributed by atoms with Crippen molar-refractivity contribution in [2.75, 3.05) is 13.7 Å². The number of hydrogen-bond acceptors (Lipinski definition) is 4. The third-order valence-corrected chi connectivity index (χ3v) is 4.58. The summed E-state index contributed by atoms with van der Waals surface area (Å²) >= 11 is 0. The Hall–Kier alpha value is -3.13. The molecule has 31 heavy (non-hydrogen) atoms. The third kappa shape index (κ3) is 7.25. The summed E-state index contributed by atoms with van der Waals surface area (Å²) in [5.41, 5.74) is 0.325. The maximum Gasteiger partial charge on any atom is 0 e. The van der Waals surface area contributed by atoms with Crippen LogP contribution in [0.1, 0.15) is 40.0 Å². The van der Waals surface area contributed by atoms with Crippen LogP contribution in [0.2, 0.25) is 0 Å². The molecule has 0 N–H and O–H groups in total. The number of amides is 2. The molecule has 2 aliphatic rings. The molecule has 8 nitrogen and oxygen atoms in total. The zero-order chi connectivity index (χ0) is 23.2. The van der Waals surface area contributed by atoms with Gasteiger partial charge in [-0.2, -0.15) is 5.26 Å². The maximum absolute atomic E-state index is 12.3. The number of imide groups is 1. The molecule has 0 aromatic heterocycles. The summed E-state index contributed by atoms with van der Waals surface area (Å²) in [7, 11) is 1.60. The normalized spacial score (nSPS) is 17.4. The Morgan fingerprint density at radius 3 is 2.00 bits per heavy atom. The predicted octanol–water partition coefficient (Wildman–Crippen LogP) is 2.95. The van der Waals surface area contributed by atoms with Crippen LogP contribution in [0.25, 0.3) is 0 Å². The van der Waals surface area contributed by atoms with Crippen LogP contribution in [0.15, 0.2) is 48.3 Å². The van der Waals surface area contributed by atoms with Crippen LogP contribution in [0.5, 0.6) is 0 Å². The number of hydrogen-bond donors (Lipinski definition) is 0. The summed E-state index contributed by atoms with van der Waals surface area (Å²) in [5.74, 6) is 0.256. The molecule has 0 spiro atoms. The van der Waals surface area contributed by atoms with Crippen molar-refractivity contribution >= 4 is 11.8 Å². The van der Waals surface area contributed by atoms with Crippen LogP contribution in [0.4, 0.5) is 0 Å². The molecule has 1 aromatic rings. The van der Waals surface area contributed by atoms with Gasteiger partial charge in [0.2, 0.25) is 0 Å². The molecule has 3 rings (SSSR count). The van der Waals surface area contributed by atoms with E-state index in [0.29, 0.717) is 36.9 Å². The molecule has 1 atom stereocenters. The zero-order valence-corrected chi connectivity index (χ0v) is 17.7. The first-order valence-corrected chi connectivity index (χ1v) is 8.51. The Balaban J connectivity index is 0. The predicted molar refractivity (Wildman–Crippen MR) is 99.7 cm³/mol. The average molecular weight is 462 g/mol. The van der Waals surface area contributed by atoms with Gasteiger partial charge in [-0.1, -0.05) is 18.2 Å². The maximum atomic E-state index is 12.3. The topological polar surface area (TPSA) is 130 Å². The molecular weight excluding hydrogens is 444 g/mol. The monoisotopic (exact) mass is 462 g/mol. The number of allylic oxidation sites excluding steroid dienone is 3. The van der Waals surface area contributed by atoms with E-state index in [0.717, 1.165) is 5.76 Å². The Bertz CT molecular complexity index is 877. The van der Waals surface area contributed by atoms with Crippen molar-refractivity contribution in [1.29, 1.82) is 5.26 Å². The average Bonchev–Trinajstić information content (AvgIpc) is 3.08. The van der Waals surface area contributed by atoms with Gasteiger partial charge in [0.15, 0.2) is 0 Å². The van der Waals surface area contributed by atoms with Crippen molar-refractivity contribution in [2.45, 2.75) is 19.3 Å². The summed E-state index contributed by atoms with van der Waals surface area (Å²) in [5, 5.41) is 9.52. The molecule has 160 valence electrons. The minimum atomic E-state index is -0.597. The van der Waals surface area contributed by atoms with Crippen molar-refractivity contribution in [3.8, 4) is 6.07 Å². The molecule has 0 radical (unpaired) electrons. The van der Waals surface area contributed by atoms with Gasteiger partial charge < -0.3 is 4.74 Å². The summed E-state index contributed by atoms with van der Waals surface area (Å²) in [6.07, 6.45) is 7.29. The van der Waals surface area contributed by atoms with E-state index in [4.69, 9.17) is 18.7 Å². The Morgan fingerprint density at radius 2 is 1.61 bits per heavy atom. The first-order valence-electron chi connectivity index (χ1n) is 8.51. The molecule has 0 saturated heterocycles. The summed E-state index contributed by atoms with van der Waals surface area (Å²) in [6, 6.07) is 9.21. The summed E-state index contributed by atoms with van der Waals surface area (Å²) in [6.45, 7) is 13.8. The second kappa shape index (κ2) is 15.7. The van der Waals surface area contributed by atoms with E-state index < -0.39 is 5.41 Å². The number of ether oxygens (including phenoxy) is 1. The number of carbonyl (C=O) groups is 2. The molecule has 0 bridgehead atoms. The van der Waals surface area contributed by atoms with E-state index in [9.17, 15) is 14.9 Å². The van der Waals surface area contributed by atoms with Gasteiger partial charge in [0.05, 0.1) is 29.7 Å². The molecule has 1 aliphatic carbocycles. The fraction of sp³-hybridized carbons (Fsp3) is 0.273. The van der Waals surface area contributed by atoms with Gasteiger partial charge in [-0.3, -0.25) is 14.5 Å². The molecule has 2 amide bonds. The van der Waals surface area contributed by atoms with Crippen LogP contribution < -0.4 is 0 Å². The van der Waals surface area contributed by atoms with E-state index in [1.54, 1.807) is 37.5 Å². The van der Waals surface area contributed by atoms with Crippen LogP contribution >= 0.6 is 0 Å². The number of methoxy groups -OCH3 is 1. The number of nitrogens with zero attached hydrogens (tertiary/aromatic N) is 2. The minimum absolute atomic E-state index is 0. The number of fused-ring (bicyclic) bond motifs is 1. The number of nitriles is 1. The molecular formula is C22H18FeN2O6. The van der Waals surface area contributed by atoms with Crippen LogP contribution in [0, 0.1) is 36.7 Å². The van der Waals surface area contributed by atoms with Gasteiger partial charge in [0.1, 0.15) is 5.76 Å². The zero-order valence-electron chi connectivity index (χ0n) is 16.6. The van der Waals surface area contributed by atoms with E-state index >= 15 is 0 Å². The van der Waals surface area contributed by atoms with Gasteiger partial charge >= 0.3 is 33.9 Å².